The Kier molecular flexibility index (Phi) is 7.16. The van der Waals surface area contributed by atoms with E-state index in [4.69, 9.17) is 27.9 Å². The van der Waals surface area contributed by atoms with Crippen molar-refractivity contribution >= 4 is 29.1 Å². The van der Waals surface area contributed by atoms with E-state index in [1.807, 2.05) is 0 Å². The predicted octanol–water partition coefficient (Wildman–Crippen LogP) is 3.65. The van der Waals surface area contributed by atoms with E-state index in [2.05, 4.69) is 10.2 Å². The normalized spacial score (nSPS) is 19.0. The molecular weight excluding hydrogens is 370 g/mol. The summed E-state index contributed by atoms with van der Waals surface area (Å²) < 4.78 is 18.2. The minimum Gasteiger partial charge on any atom is -0.505 e. The Morgan fingerprint density at radius 3 is 2.88 bits per heavy atom. The number of nitrogens with one attached hydrogen (secondary N) is 1. The average molecular weight is 393 g/mol. The van der Waals surface area contributed by atoms with Gasteiger partial charge in [0, 0.05) is 19.1 Å². The van der Waals surface area contributed by atoms with Crippen molar-refractivity contribution in [1.29, 1.82) is 0 Å². The minimum atomic E-state index is -0.842. The van der Waals surface area contributed by atoms with Gasteiger partial charge in [-0.2, -0.15) is 0 Å². The fourth-order valence-corrected chi connectivity index (χ4v) is 3.61. The Balaban J connectivity index is 2.05. The second-order valence-electron chi connectivity index (χ2n) is 6.21. The van der Waals surface area contributed by atoms with Gasteiger partial charge in [-0.15, -0.1) is 0 Å². The summed E-state index contributed by atoms with van der Waals surface area (Å²) in [5, 5.41) is 13.0. The van der Waals surface area contributed by atoms with Crippen LogP contribution in [0.4, 0.5) is 4.39 Å². The molecule has 1 fully saturated rings. The van der Waals surface area contributed by atoms with Gasteiger partial charge in [0.15, 0.2) is 11.5 Å². The maximum Gasteiger partial charge on any atom is 0.259 e. The van der Waals surface area contributed by atoms with Crippen LogP contribution in [0.2, 0.25) is 10.0 Å². The molecule has 0 bridgehead atoms. The fourth-order valence-electron chi connectivity index (χ4n) is 3.07. The lowest BCUT2D eigenvalue weighted by molar-refractivity contribution is 0.0933. The van der Waals surface area contributed by atoms with Crippen LogP contribution in [-0.2, 0) is 0 Å². The number of halogens is 3. The molecule has 0 saturated carbocycles. The van der Waals surface area contributed by atoms with Gasteiger partial charge in [-0.3, -0.25) is 9.69 Å². The van der Waals surface area contributed by atoms with E-state index in [-0.39, 0.29) is 33.1 Å². The quantitative estimate of drug-likeness (QED) is 0.743. The van der Waals surface area contributed by atoms with Gasteiger partial charge < -0.3 is 15.2 Å². The summed E-state index contributed by atoms with van der Waals surface area (Å²) in [7, 11) is 1.36. The van der Waals surface area contributed by atoms with Crippen LogP contribution in [0, 0.1) is 0 Å². The molecule has 0 aliphatic carbocycles. The van der Waals surface area contributed by atoms with Crippen molar-refractivity contribution in [3.8, 4) is 11.5 Å². The number of hydrogen-bond donors (Lipinski definition) is 2. The predicted molar refractivity (Wildman–Crippen MR) is 96.8 cm³/mol. The molecule has 1 heterocycles. The van der Waals surface area contributed by atoms with E-state index in [1.165, 1.54) is 13.2 Å². The number of carbonyl (C=O) groups is 1. The smallest absolute Gasteiger partial charge is 0.259 e. The number of likely N-dealkylation sites (tertiary alicyclic amines) is 1. The zero-order chi connectivity index (χ0) is 18.6. The van der Waals surface area contributed by atoms with E-state index in [1.54, 1.807) is 6.92 Å². The van der Waals surface area contributed by atoms with Crippen LogP contribution in [0.5, 0.6) is 11.5 Å². The van der Waals surface area contributed by atoms with Crippen molar-refractivity contribution in [1.82, 2.24) is 10.2 Å². The summed E-state index contributed by atoms with van der Waals surface area (Å²) in [6.45, 7) is 3.50. The Labute approximate surface area is 157 Å². The minimum absolute atomic E-state index is 0.0182. The molecule has 1 aromatic rings. The molecule has 2 atom stereocenters. The van der Waals surface area contributed by atoms with Gasteiger partial charge in [0.05, 0.1) is 23.3 Å². The lowest BCUT2D eigenvalue weighted by Crippen LogP contribution is -2.41. The van der Waals surface area contributed by atoms with Crippen molar-refractivity contribution in [3.05, 3.63) is 21.7 Å². The first-order chi connectivity index (χ1) is 11.8. The zero-order valence-electron chi connectivity index (χ0n) is 14.3. The number of carbonyl (C=O) groups excluding carboxylic acids is 1. The first-order valence-electron chi connectivity index (χ1n) is 8.26. The van der Waals surface area contributed by atoms with Crippen molar-refractivity contribution in [2.45, 2.75) is 38.4 Å². The third-order valence-electron chi connectivity index (χ3n) is 4.40. The monoisotopic (exact) mass is 392 g/mol. The number of benzene rings is 1. The number of rotatable bonds is 7. The van der Waals surface area contributed by atoms with Crippen molar-refractivity contribution in [2.75, 3.05) is 26.7 Å². The highest BCUT2D eigenvalue weighted by atomic mass is 35.5. The Bertz CT molecular complexity index is 628. The molecule has 2 rings (SSSR count). The molecule has 1 aliphatic heterocycles. The summed E-state index contributed by atoms with van der Waals surface area (Å²) in [6, 6.07) is 1.47. The van der Waals surface area contributed by atoms with Crippen molar-refractivity contribution in [3.63, 3.8) is 0 Å². The van der Waals surface area contributed by atoms with Gasteiger partial charge in [-0.1, -0.05) is 23.2 Å². The summed E-state index contributed by atoms with van der Waals surface area (Å²) in [4.78, 5) is 14.7. The highest BCUT2D eigenvalue weighted by molar-refractivity contribution is 6.37. The molecule has 0 aromatic heterocycles. The van der Waals surface area contributed by atoms with E-state index >= 15 is 0 Å². The molecule has 0 unspecified atom stereocenters. The summed E-state index contributed by atoms with van der Waals surface area (Å²) in [5.41, 5.74) is -0.0815. The van der Waals surface area contributed by atoms with Crippen molar-refractivity contribution in [2.24, 2.45) is 0 Å². The molecule has 2 N–H and O–H groups in total. The van der Waals surface area contributed by atoms with Crippen LogP contribution in [-0.4, -0.2) is 54.9 Å². The number of hydrogen-bond acceptors (Lipinski definition) is 4. The molecule has 140 valence electrons. The number of aromatic hydroxyl groups is 1. The van der Waals surface area contributed by atoms with Crippen LogP contribution >= 0.6 is 23.2 Å². The first-order valence-corrected chi connectivity index (χ1v) is 9.02. The summed E-state index contributed by atoms with van der Waals surface area (Å²) >= 11 is 11.9. The number of nitrogens with zero attached hydrogens (tertiary/aromatic N) is 1. The lowest BCUT2D eigenvalue weighted by atomic mass is 10.1. The third-order valence-corrected chi connectivity index (χ3v) is 4.97. The number of alkyl halides is 1. The Morgan fingerprint density at radius 1 is 1.52 bits per heavy atom. The molecule has 1 saturated heterocycles. The van der Waals surface area contributed by atoms with Gasteiger partial charge >= 0.3 is 0 Å². The topological polar surface area (TPSA) is 61.8 Å². The molecule has 0 radical (unpaired) electrons. The molecule has 1 aromatic carbocycles. The third kappa shape index (κ3) is 4.90. The highest BCUT2D eigenvalue weighted by Gasteiger charge is 2.27. The van der Waals surface area contributed by atoms with Crippen LogP contribution in [0.15, 0.2) is 6.07 Å². The van der Waals surface area contributed by atoms with E-state index in [9.17, 15) is 14.3 Å². The number of ether oxygens (including phenoxy) is 1. The van der Waals surface area contributed by atoms with E-state index in [0.29, 0.717) is 19.5 Å². The molecule has 1 aliphatic rings. The maximum absolute atomic E-state index is 13.1. The number of methoxy groups -OCH3 is 1. The first kappa shape index (κ1) is 20.1. The van der Waals surface area contributed by atoms with Crippen LogP contribution in [0.25, 0.3) is 0 Å². The summed E-state index contributed by atoms with van der Waals surface area (Å²) in [5.74, 6) is -0.796. The van der Waals surface area contributed by atoms with Gasteiger partial charge in [0.25, 0.3) is 5.91 Å². The second-order valence-corrected chi connectivity index (χ2v) is 7.02. The molecule has 25 heavy (non-hydrogen) atoms. The lowest BCUT2D eigenvalue weighted by Gasteiger charge is -2.25. The highest BCUT2D eigenvalue weighted by Crippen LogP contribution is 2.40. The fraction of sp³-hybridized carbons (Fsp3) is 0.588. The van der Waals surface area contributed by atoms with Crippen LogP contribution in [0.3, 0.4) is 0 Å². The molecule has 8 heteroatoms. The van der Waals surface area contributed by atoms with Crippen LogP contribution < -0.4 is 10.1 Å². The standard InChI is InChI=1S/C17H23Cl2FN2O3/c1-10(20)5-7-22-6-3-4-11(22)9-21-17(24)14-15(23)12(18)8-13(19)16(14)25-2/h8,10-11,23H,3-7,9H2,1-2H3,(H,21,24)/t10-,11+/m1/s1. The zero-order valence-corrected chi connectivity index (χ0v) is 15.8. The largest absolute Gasteiger partial charge is 0.505 e. The van der Waals surface area contributed by atoms with Gasteiger partial charge in [-0.25, -0.2) is 4.39 Å². The number of phenols is 1. The molecular formula is C17H23Cl2FN2O3. The Morgan fingerprint density at radius 2 is 2.24 bits per heavy atom. The van der Waals surface area contributed by atoms with Crippen molar-refractivity contribution < 1.29 is 19.0 Å². The van der Waals surface area contributed by atoms with Gasteiger partial charge in [0.2, 0.25) is 0 Å². The molecule has 0 spiro atoms. The van der Waals surface area contributed by atoms with Crippen LogP contribution in [0.1, 0.15) is 36.5 Å². The second kappa shape index (κ2) is 8.92. The summed E-state index contributed by atoms with van der Waals surface area (Å²) in [6.07, 6.45) is 1.58. The van der Waals surface area contributed by atoms with Gasteiger partial charge in [-0.05, 0) is 38.8 Å². The molecule has 1 amide bonds. The average Bonchev–Trinajstić information content (AvgIpc) is 3.01. The van der Waals surface area contributed by atoms with E-state index in [0.717, 1.165) is 19.4 Å². The molecule has 5 nitrogen and oxygen atoms in total. The van der Waals surface area contributed by atoms with E-state index < -0.39 is 12.1 Å². The maximum atomic E-state index is 13.1. The Hall–Kier alpha value is -1.24. The number of amides is 1. The SMILES string of the molecule is COc1c(Cl)cc(Cl)c(O)c1C(=O)NC[C@@H]1CCCN1CC[C@@H](C)F. The number of phenolic OH excluding ortho intramolecular Hbond substituents is 1. The van der Waals surface area contributed by atoms with Gasteiger partial charge in [0.1, 0.15) is 5.56 Å².